The lowest BCUT2D eigenvalue weighted by Crippen LogP contribution is -2.37. The Hall–Kier alpha value is -0.570. The maximum Gasteiger partial charge on any atom is 0.227 e. The predicted molar refractivity (Wildman–Crippen MR) is 51.1 cm³/mol. The zero-order valence-electron chi connectivity index (χ0n) is 8.01. The molecule has 74 valence electrons. The number of carbonyl (C=O) groups is 1. The molecule has 0 aromatic heterocycles. The number of rotatable bonds is 5. The molecule has 0 unspecified atom stereocenters. The molecule has 0 bridgehead atoms. The number of hydrogen-bond acceptors (Lipinski definition) is 2. The van der Waals surface area contributed by atoms with E-state index in [0.717, 1.165) is 31.7 Å². The van der Waals surface area contributed by atoms with E-state index >= 15 is 0 Å². The quantitative estimate of drug-likeness (QED) is 0.655. The van der Waals surface area contributed by atoms with Crippen LogP contribution in [-0.4, -0.2) is 19.0 Å². The predicted octanol–water partition coefficient (Wildman–Crippen LogP) is 0.642. The number of nitrogens with one attached hydrogen (secondary N) is 1. The topological polar surface area (TPSA) is 55.1 Å². The standard InChI is InChI=1S/C10H18N2O/c11-7-10(4-5-10)9(13)12-6-3-8-1-2-8/h8H,1-7,11H2,(H,12,13). The van der Waals surface area contributed by atoms with Crippen LogP contribution >= 0.6 is 0 Å². The van der Waals surface area contributed by atoms with E-state index in [1.807, 2.05) is 0 Å². The van der Waals surface area contributed by atoms with Crippen LogP contribution in [0.25, 0.3) is 0 Å². The smallest absolute Gasteiger partial charge is 0.227 e. The van der Waals surface area contributed by atoms with Gasteiger partial charge in [0.05, 0.1) is 5.41 Å². The molecule has 0 spiro atoms. The van der Waals surface area contributed by atoms with E-state index in [0.29, 0.717) is 6.54 Å². The molecule has 2 aliphatic rings. The van der Waals surface area contributed by atoms with Crippen molar-refractivity contribution in [2.75, 3.05) is 13.1 Å². The molecule has 0 aromatic carbocycles. The van der Waals surface area contributed by atoms with Gasteiger partial charge in [-0.1, -0.05) is 12.8 Å². The summed E-state index contributed by atoms with van der Waals surface area (Å²) in [4.78, 5) is 11.6. The Morgan fingerprint density at radius 1 is 1.46 bits per heavy atom. The van der Waals surface area contributed by atoms with Gasteiger partial charge in [0.2, 0.25) is 5.91 Å². The fourth-order valence-electron chi connectivity index (χ4n) is 1.66. The lowest BCUT2D eigenvalue weighted by atomic mass is 10.1. The van der Waals surface area contributed by atoms with Gasteiger partial charge in [-0.05, 0) is 25.2 Å². The number of nitrogens with two attached hydrogens (primary N) is 1. The molecule has 2 fully saturated rings. The minimum absolute atomic E-state index is 0.163. The highest BCUT2D eigenvalue weighted by atomic mass is 16.2. The molecule has 0 heterocycles. The molecular formula is C10H18N2O. The van der Waals surface area contributed by atoms with Gasteiger partial charge in [-0.3, -0.25) is 4.79 Å². The van der Waals surface area contributed by atoms with E-state index in [1.54, 1.807) is 0 Å². The van der Waals surface area contributed by atoms with Crippen molar-refractivity contribution in [3.8, 4) is 0 Å². The summed E-state index contributed by atoms with van der Waals surface area (Å²) >= 11 is 0. The van der Waals surface area contributed by atoms with Gasteiger partial charge in [0, 0.05) is 13.1 Å². The van der Waals surface area contributed by atoms with E-state index in [1.165, 1.54) is 12.8 Å². The molecule has 0 radical (unpaired) electrons. The summed E-state index contributed by atoms with van der Waals surface area (Å²) in [5.74, 6) is 1.09. The first-order valence-corrected chi connectivity index (χ1v) is 5.25. The van der Waals surface area contributed by atoms with Crippen LogP contribution in [0.1, 0.15) is 32.1 Å². The fraction of sp³-hybridized carbons (Fsp3) is 0.900. The highest BCUT2D eigenvalue weighted by molar-refractivity contribution is 5.85. The van der Waals surface area contributed by atoms with Gasteiger partial charge in [0.1, 0.15) is 0 Å². The lowest BCUT2D eigenvalue weighted by molar-refractivity contribution is -0.125. The van der Waals surface area contributed by atoms with Crippen LogP contribution in [0.2, 0.25) is 0 Å². The summed E-state index contributed by atoms with van der Waals surface area (Å²) in [6.45, 7) is 1.37. The molecule has 0 saturated heterocycles. The summed E-state index contributed by atoms with van der Waals surface area (Å²) in [7, 11) is 0. The van der Waals surface area contributed by atoms with Crippen molar-refractivity contribution in [1.82, 2.24) is 5.32 Å². The Morgan fingerprint density at radius 3 is 2.62 bits per heavy atom. The highest BCUT2D eigenvalue weighted by Gasteiger charge is 2.48. The van der Waals surface area contributed by atoms with Crippen molar-refractivity contribution >= 4 is 5.91 Å². The van der Waals surface area contributed by atoms with E-state index in [9.17, 15) is 4.79 Å². The van der Waals surface area contributed by atoms with Gasteiger partial charge in [-0.2, -0.15) is 0 Å². The molecule has 0 aromatic rings. The second-order valence-electron chi connectivity index (χ2n) is 4.47. The normalized spacial score (nSPS) is 24.1. The molecule has 3 nitrogen and oxygen atoms in total. The summed E-state index contributed by atoms with van der Waals surface area (Å²) in [6.07, 6.45) is 5.85. The summed E-state index contributed by atoms with van der Waals surface area (Å²) < 4.78 is 0. The van der Waals surface area contributed by atoms with Crippen molar-refractivity contribution in [3.05, 3.63) is 0 Å². The molecule has 2 aliphatic carbocycles. The fourth-order valence-corrected chi connectivity index (χ4v) is 1.66. The summed E-state index contributed by atoms with van der Waals surface area (Å²) in [5.41, 5.74) is 5.39. The Labute approximate surface area is 79.1 Å². The first kappa shape index (κ1) is 9.00. The van der Waals surface area contributed by atoms with Crippen molar-refractivity contribution < 1.29 is 4.79 Å². The van der Waals surface area contributed by atoms with E-state index in [-0.39, 0.29) is 11.3 Å². The van der Waals surface area contributed by atoms with E-state index in [4.69, 9.17) is 5.73 Å². The second-order valence-corrected chi connectivity index (χ2v) is 4.47. The summed E-state index contributed by atoms with van der Waals surface area (Å²) in [5, 5.41) is 2.99. The minimum Gasteiger partial charge on any atom is -0.356 e. The monoisotopic (exact) mass is 182 g/mol. The van der Waals surface area contributed by atoms with Crippen molar-refractivity contribution in [2.24, 2.45) is 17.1 Å². The number of hydrogen-bond donors (Lipinski definition) is 2. The van der Waals surface area contributed by atoms with Crippen molar-refractivity contribution in [2.45, 2.75) is 32.1 Å². The van der Waals surface area contributed by atoms with Crippen LogP contribution in [0.15, 0.2) is 0 Å². The lowest BCUT2D eigenvalue weighted by Gasteiger charge is -2.12. The zero-order chi connectivity index (χ0) is 9.31. The summed E-state index contributed by atoms with van der Waals surface area (Å²) in [6, 6.07) is 0. The molecule has 3 N–H and O–H groups in total. The number of amides is 1. The molecule has 2 rings (SSSR count). The molecule has 1 amide bonds. The molecule has 3 heteroatoms. The van der Waals surface area contributed by atoms with Gasteiger partial charge in [0.25, 0.3) is 0 Å². The average Bonchev–Trinajstić information content (AvgIpc) is 3.01. The highest BCUT2D eigenvalue weighted by Crippen LogP contribution is 2.44. The Balaban J connectivity index is 1.65. The van der Waals surface area contributed by atoms with Crippen LogP contribution in [0.3, 0.4) is 0 Å². The van der Waals surface area contributed by atoms with Crippen LogP contribution in [-0.2, 0) is 4.79 Å². The van der Waals surface area contributed by atoms with Crippen molar-refractivity contribution in [1.29, 1.82) is 0 Å². The van der Waals surface area contributed by atoms with Gasteiger partial charge in [-0.25, -0.2) is 0 Å². The first-order valence-electron chi connectivity index (χ1n) is 5.25. The van der Waals surface area contributed by atoms with Gasteiger partial charge < -0.3 is 11.1 Å². The van der Waals surface area contributed by atoms with Crippen LogP contribution in [0.4, 0.5) is 0 Å². The maximum absolute atomic E-state index is 11.6. The molecule has 13 heavy (non-hydrogen) atoms. The maximum atomic E-state index is 11.6. The Morgan fingerprint density at radius 2 is 2.15 bits per heavy atom. The molecule has 0 aliphatic heterocycles. The molecule has 0 atom stereocenters. The molecular weight excluding hydrogens is 164 g/mol. The zero-order valence-corrected chi connectivity index (χ0v) is 8.01. The minimum atomic E-state index is -0.163. The third-order valence-corrected chi connectivity index (χ3v) is 3.26. The van der Waals surface area contributed by atoms with Gasteiger partial charge in [0.15, 0.2) is 0 Å². The van der Waals surface area contributed by atoms with E-state index in [2.05, 4.69) is 5.32 Å². The van der Waals surface area contributed by atoms with Gasteiger partial charge >= 0.3 is 0 Å². The first-order chi connectivity index (χ1) is 6.27. The Bertz CT molecular complexity index is 207. The van der Waals surface area contributed by atoms with E-state index < -0.39 is 0 Å². The second kappa shape index (κ2) is 3.29. The largest absolute Gasteiger partial charge is 0.356 e. The molecule has 2 saturated carbocycles. The van der Waals surface area contributed by atoms with Crippen molar-refractivity contribution in [3.63, 3.8) is 0 Å². The van der Waals surface area contributed by atoms with Crippen LogP contribution in [0, 0.1) is 11.3 Å². The third-order valence-electron chi connectivity index (χ3n) is 3.26. The van der Waals surface area contributed by atoms with Crippen LogP contribution in [0.5, 0.6) is 0 Å². The SMILES string of the molecule is NCC1(C(=O)NCCC2CC2)CC1. The Kier molecular flexibility index (Phi) is 2.28. The van der Waals surface area contributed by atoms with Crippen LogP contribution < -0.4 is 11.1 Å². The average molecular weight is 182 g/mol. The van der Waals surface area contributed by atoms with Gasteiger partial charge in [-0.15, -0.1) is 0 Å². The third kappa shape index (κ3) is 2.02. The number of carbonyl (C=O) groups excluding carboxylic acids is 1.